The van der Waals surface area contributed by atoms with Crippen LogP contribution in [0.5, 0.6) is 0 Å². The summed E-state index contributed by atoms with van der Waals surface area (Å²) >= 11 is 3.39. The standard InChI is InChI=1S/C15H20BrN3O2/c1-10(14(20)18-15(21)17-13-7-8-13)19(2)9-11-3-5-12(16)6-4-11/h3-6,10,13H,7-9H2,1-2H3,(H2,17,18,20,21)/t10-/m1/s1. The van der Waals surface area contributed by atoms with E-state index in [9.17, 15) is 9.59 Å². The molecule has 0 bridgehead atoms. The largest absolute Gasteiger partial charge is 0.335 e. The van der Waals surface area contributed by atoms with Crippen molar-refractivity contribution >= 4 is 27.9 Å². The smallest absolute Gasteiger partial charge is 0.321 e. The molecule has 1 aromatic carbocycles. The third-order valence-electron chi connectivity index (χ3n) is 3.54. The quantitative estimate of drug-likeness (QED) is 0.853. The summed E-state index contributed by atoms with van der Waals surface area (Å²) in [6.07, 6.45) is 2.00. The Hall–Kier alpha value is -1.40. The summed E-state index contributed by atoms with van der Waals surface area (Å²) in [6.45, 7) is 2.44. The first-order chi connectivity index (χ1) is 9.95. The first-order valence-corrected chi connectivity index (χ1v) is 7.81. The Balaban J connectivity index is 1.82. The number of benzene rings is 1. The number of halogens is 1. The molecule has 1 fully saturated rings. The van der Waals surface area contributed by atoms with Gasteiger partial charge in [0.15, 0.2) is 0 Å². The molecule has 1 saturated carbocycles. The lowest BCUT2D eigenvalue weighted by Gasteiger charge is -2.23. The second-order valence-electron chi connectivity index (χ2n) is 5.45. The molecule has 0 aromatic heterocycles. The molecule has 2 N–H and O–H groups in total. The highest BCUT2D eigenvalue weighted by atomic mass is 79.9. The van der Waals surface area contributed by atoms with E-state index in [-0.39, 0.29) is 18.0 Å². The number of carbonyl (C=O) groups is 2. The molecule has 3 amide bonds. The molecular weight excluding hydrogens is 334 g/mol. The Morgan fingerprint density at radius 1 is 1.33 bits per heavy atom. The van der Waals surface area contributed by atoms with Gasteiger partial charge in [0.2, 0.25) is 5.91 Å². The molecule has 0 radical (unpaired) electrons. The van der Waals surface area contributed by atoms with Gasteiger partial charge in [0.1, 0.15) is 0 Å². The summed E-state index contributed by atoms with van der Waals surface area (Å²) in [7, 11) is 1.87. The molecule has 1 aliphatic rings. The fourth-order valence-corrected chi connectivity index (χ4v) is 2.14. The van der Waals surface area contributed by atoms with E-state index in [0.29, 0.717) is 6.54 Å². The Morgan fingerprint density at radius 3 is 2.52 bits per heavy atom. The molecule has 0 aliphatic heterocycles. The van der Waals surface area contributed by atoms with E-state index in [1.165, 1.54) is 0 Å². The van der Waals surface area contributed by atoms with Gasteiger partial charge in [-0.05, 0) is 44.5 Å². The van der Waals surface area contributed by atoms with Crippen LogP contribution in [0.4, 0.5) is 4.79 Å². The Labute approximate surface area is 133 Å². The van der Waals surface area contributed by atoms with Crippen molar-refractivity contribution in [1.82, 2.24) is 15.5 Å². The molecule has 0 heterocycles. The number of urea groups is 1. The summed E-state index contributed by atoms with van der Waals surface area (Å²) < 4.78 is 1.02. The molecule has 5 nitrogen and oxygen atoms in total. The highest BCUT2D eigenvalue weighted by molar-refractivity contribution is 9.10. The van der Waals surface area contributed by atoms with E-state index in [1.54, 1.807) is 6.92 Å². The van der Waals surface area contributed by atoms with E-state index >= 15 is 0 Å². The summed E-state index contributed by atoms with van der Waals surface area (Å²) in [5.41, 5.74) is 1.11. The highest BCUT2D eigenvalue weighted by Crippen LogP contribution is 2.18. The first kappa shape index (κ1) is 16.0. The van der Waals surface area contributed by atoms with Gasteiger partial charge in [0.05, 0.1) is 6.04 Å². The van der Waals surface area contributed by atoms with Gasteiger partial charge in [0.25, 0.3) is 0 Å². The second kappa shape index (κ2) is 7.04. The van der Waals surface area contributed by atoms with E-state index < -0.39 is 6.03 Å². The SMILES string of the molecule is C[C@H](C(=O)NC(=O)NC1CC1)N(C)Cc1ccc(Br)cc1. The van der Waals surface area contributed by atoms with Gasteiger partial charge in [-0.3, -0.25) is 15.0 Å². The van der Waals surface area contributed by atoms with Crippen molar-refractivity contribution in [2.24, 2.45) is 0 Å². The molecule has 0 spiro atoms. The van der Waals surface area contributed by atoms with Gasteiger partial charge in [-0.2, -0.15) is 0 Å². The molecule has 1 aliphatic carbocycles. The summed E-state index contributed by atoms with van der Waals surface area (Å²) in [4.78, 5) is 25.5. The lowest BCUT2D eigenvalue weighted by Crippen LogP contribution is -2.48. The number of hydrogen-bond acceptors (Lipinski definition) is 3. The van der Waals surface area contributed by atoms with Crippen molar-refractivity contribution in [1.29, 1.82) is 0 Å². The van der Waals surface area contributed by atoms with Gasteiger partial charge >= 0.3 is 6.03 Å². The van der Waals surface area contributed by atoms with E-state index in [4.69, 9.17) is 0 Å². The van der Waals surface area contributed by atoms with Crippen molar-refractivity contribution in [3.63, 3.8) is 0 Å². The van der Waals surface area contributed by atoms with Gasteiger partial charge in [0, 0.05) is 17.1 Å². The van der Waals surface area contributed by atoms with Gasteiger partial charge in [-0.15, -0.1) is 0 Å². The van der Waals surface area contributed by atoms with Crippen molar-refractivity contribution < 1.29 is 9.59 Å². The van der Waals surface area contributed by atoms with Crippen LogP contribution in [0.2, 0.25) is 0 Å². The van der Waals surface area contributed by atoms with Crippen LogP contribution < -0.4 is 10.6 Å². The van der Waals surface area contributed by atoms with Gasteiger partial charge in [-0.25, -0.2) is 4.79 Å². The van der Waals surface area contributed by atoms with Crippen molar-refractivity contribution in [2.75, 3.05) is 7.05 Å². The molecule has 21 heavy (non-hydrogen) atoms. The zero-order valence-corrected chi connectivity index (χ0v) is 13.8. The van der Waals surface area contributed by atoms with Crippen LogP contribution in [0.15, 0.2) is 28.7 Å². The molecule has 6 heteroatoms. The molecular formula is C15H20BrN3O2. The highest BCUT2D eigenvalue weighted by Gasteiger charge is 2.25. The number of carbonyl (C=O) groups excluding carboxylic acids is 2. The molecule has 1 atom stereocenters. The van der Waals surface area contributed by atoms with E-state index in [0.717, 1.165) is 22.9 Å². The maximum Gasteiger partial charge on any atom is 0.321 e. The number of hydrogen-bond donors (Lipinski definition) is 2. The first-order valence-electron chi connectivity index (χ1n) is 7.01. The zero-order chi connectivity index (χ0) is 15.4. The van der Waals surface area contributed by atoms with Gasteiger partial charge < -0.3 is 5.32 Å². The Kier molecular flexibility index (Phi) is 5.36. The predicted molar refractivity (Wildman–Crippen MR) is 84.8 cm³/mol. The van der Waals surface area contributed by atoms with E-state index in [1.807, 2.05) is 36.2 Å². The minimum Gasteiger partial charge on any atom is -0.335 e. The maximum atomic E-state index is 12.0. The van der Waals surface area contributed by atoms with E-state index in [2.05, 4.69) is 26.6 Å². The fourth-order valence-electron chi connectivity index (χ4n) is 1.88. The van der Waals surface area contributed by atoms with Crippen LogP contribution in [0.25, 0.3) is 0 Å². The van der Waals surface area contributed by atoms with Crippen molar-refractivity contribution in [3.8, 4) is 0 Å². The minimum atomic E-state index is -0.397. The lowest BCUT2D eigenvalue weighted by molar-refractivity contribution is -0.124. The summed E-state index contributed by atoms with van der Waals surface area (Å²) in [5, 5.41) is 5.13. The van der Waals surface area contributed by atoms with Crippen LogP contribution in [-0.2, 0) is 11.3 Å². The number of nitrogens with zero attached hydrogens (tertiary/aromatic N) is 1. The van der Waals surface area contributed by atoms with Crippen molar-refractivity contribution in [2.45, 2.75) is 38.4 Å². The molecule has 1 aromatic rings. The predicted octanol–water partition coefficient (Wildman–Crippen LogP) is 2.26. The molecule has 0 saturated heterocycles. The van der Waals surface area contributed by atoms with Crippen LogP contribution in [0.1, 0.15) is 25.3 Å². The maximum absolute atomic E-state index is 12.0. The van der Waals surface area contributed by atoms with Crippen LogP contribution in [0, 0.1) is 0 Å². The van der Waals surface area contributed by atoms with Crippen LogP contribution in [-0.4, -0.2) is 36.0 Å². The van der Waals surface area contributed by atoms with Gasteiger partial charge in [-0.1, -0.05) is 28.1 Å². The third kappa shape index (κ3) is 5.13. The monoisotopic (exact) mass is 353 g/mol. The molecule has 114 valence electrons. The minimum absolute atomic E-state index is 0.244. The van der Waals surface area contributed by atoms with Crippen molar-refractivity contribution in [3.05, 3.63) is 34.3 Å². The van der Waals surface area contributed by atoms with Crippen LogP contribution in [0.3, 0.4) is 0 Å². The number of likely N-dealkylation sites (N-methyl/N-ethyl adjacent to an activating group) is 1. The molecule has 0 unspecified atom stereocenters. The number of amides is 3. The average Bonchev–Trinajstić information content (AvgIpc) is 3.24. The van der Waals surface area contributed by atoms with Crippen LogP contribution >= 0.6 is 15.9 Å². The number of nitrogens with one attached hydrogen (secondary N) is 2. The summed E-state index contributed by atoms with van der Waals surface area (Å²) in [6, 6.07) is 7.42. The summed E-state index contributed by atoms with van der Waals surface area (Å²) in [5.74, 6) is -0.284. The zero-order valence-electron chi connectivity index (χ0n) is 12.2. The topological polar surface area (TPSA) is 61.4 Å². The normalized spacial score (nSPS) is 15.6. The number of imide groups is 1. The molecule has 2 rings (SSSR count). The lowest BCUT2D eigenvalue weighted by atomic mass is 10.2. The third-order valence-corrected chi connectivity index (χ3v) is 4.06. The number of rotatable bonds is 5. The Bertz CT molecular complexity index is 514. The second-order valence-corrected chi connectivity index (χ2v) is 6.37. The Morgan fingerprint density at radius 2 is 1.95 bits per heavy atom. The average molecular weight is 354 g/mol. The fraction of sp³-hybridized carbons (Fsp3) is 0.467.